The summed E-state index contributed by atoms with van der Waals surface area (Å²) >= 11 is 0. The number of nitrogens with zero attached hydrogens (tertiary/aromatic N) is 10. The van der Waals surface area contributed by atoms with Gasteiger partial charge in [-0.2, -0.15) is 0 Å². The van der Waals surface area contributed by atoms with Crippen LogP contribution in [0.25, 0.3) is 157 Å². The van der Waals surface area contributed by atoms with Crippen molar-refractivity contribution in [3.63, 3.8) is 0 Å². The van der Waals surface area contributed by atoms with E-state index in [2.05, 4.69) is 283 Å². The molecule has 8 heterocycles. The van der Waals surface area contributed by atoms with Crippen molar-refractivity contribution in [3.8, 4) is 91.1 Å². The van der Waals surface area contributed by atoms with Crippen molar-refractivity contribution in [2.45, 2.75) is 27.7 Å². The van der Waals surface area contributed by atoms with Gasteiger partial charge in [-0.25, -0.2) is 29.9 Å². The molecule has 11 aromatic carbocycles. The van der Waals surface area contributed by atoms with Crippen LogP contribution in [0.4, 0.5) is 0 Å². The summed E-state index contributed by atoms with van der Waals surface area (Å²) in [6.45, 7) is 8.61. The highest BCUT2D eigenvalue weighted by atomic mass is 15.2. The minimum atomic E-state index is -0.263. The smallest absolute Gasteiger partial charge is 0.252 e. The molecule has 426 valence electrons. The number of aromatic nitrogens is 10. The lowest BCUT2D eigenvalue weighted by molar-refractivity contribution is 1.05. The summed E-state index contributed by atoms with van der Waals surface area (Å²) in [5, 5.41) is 4.40. The van der Waals surface area contributed by atoms with Gasteiger partial charge in [-0.1, -0.05) is 212 Å². The van der Waals surface area contributed by atoms with Gasteiger partial charge in [-0.05, 0) is 90.6 Å². The third-order valence-electron chi connectivity index (χ3n) is 19.1. The van der Waals surface area contributed by atoms with Crippen LogP contribution in [-0.2, 0) is 0 Å². The molecule has 6 aromatic heterocycles. The second kappa shape index (κ2) is 19.3. The molecular formula is C80H53BN10. The monoisotopic (exact) mass is 1160 g/mol. The van der Waals surface area contributed by atoms with E-state index in [4.69, 9.17) is 29.9 Å². The molecule has 19 rings (SSSR count). The Labute approximate surface area is 523 Å². The number of imidazole rings is 2. The summed E-state index contributed by atoms with van der Waals surface area (Å²) in [7, 11) is 0. The molecule has 0 amide bonds. The number of aryl methyl sites for hydroxylation is 4. The first-order valence-corrected chi connectivity index (χ1v) is 31.1. The van der Waals surface area contributed by atoms with Crippen molar-refractivity contribution in [3.05, 3.63) is 271 Å². The maximum absolute atomic E-state index is 6.09. The van der Waals surface area contributed by atoms with Gasteiger partial charge in [0, 0.05) is 78.4 Å². The topological polar surface area (TPSA) is 97.1 Å². The predicted octanol–water partition coefficient (Wildman–Crippen LogP) is 16.5. The summed E-state index contributed by atoms with van der Waals surface area (Å²) in [5.41, 5.74) is 26.1. The van der Waals surface area contributed by atoms with Crippen LogP contribution >= 0.6 is 0 Å². The third-order valence-corrected chi connectivity index (χ3v) is 19.1. The van der Waals surface area contributed by atoms with Crippen molar-refractivity contribution in [2.75, 3.05) is 0 Å². The molecule has 0 radical (unpaired) electrons. The van der Waals surface area contributed by atoms with Gasteiger partial charge in [0.05, 0.1) is 44.5 Å². The van der Waals surface area contributed by atoms with Crippen LogP contribution in [-0.4, -0.2) is 54.9 Å². The molecule has 0 saturated heterocycles. The second-order valence-corrected chi connectivity index (χ2v) is 24.4. The van der Waals surface area contributed by atoms with Crippen molar-refractivity contribution in [1.82, 2.24) is 48.2 Å². The SMILES string of the molecule is Cc1cccc(C)c1-c1nc2c3c(cc4c5ccccc5n(-c5cc(-c6ccccc6)nc(-c6ccccc6)n5)c42)B2c4c(cccc4-n4c(-c5c(C)cccc5C)nc5c4c2cc2c4ccccc4n(-c4cc(-c6ccccc6)nc(-c6ccccc6)n4)c25)-n13. The third kappa shape index (κ3) is 7.37. The first-order chi connectivity index (χ1) is 44.8. The minimum absolute atomic E-state index is 0.263. The van der Waals surface area contributed by atoms with Crippen molar-refractivity contribution in [1.29, 1.82) is 0 Å². The van der Waals surface area contributed by atoms with Crippen molar-refractivity contribution in [2.24, 2.45) is 0 Å². The molecule has 0 aliphatic carbocycles. The van der Waals surface area contributed by atoms with E-state index >= 15 is 0 Å². The normalized spacial score (nSPS) is 12.4. The summed E-state index contributed by atoms with van der Waals surface area (Å²) in [6.07, 6.45) is 0. The highest BCUT2D eigenvalue weighted by Gasteiger charge is 2.44. The fourth-order valence-electron chi connectivity index (χ4n) is 15.2. The maximum Gasteiger partial charge on any atom is 0.252 e. The highest BCUT2D eigenvalue weighted by Crippen LogP contribution is 2.46. The van der Waals surface area contributed by atoms with Crippen LogP contribution in [0.3, 0.4) is 0 Å². The van der Waals surface area contributed by atoms with E-state index in [9.17, 15) is 0 Å². The second-order valence-electron chi connectivity index (χ2n) is 24.4. The molecule has 0 spiro atoms. The van der Waals surface area contributed by atoms with Gasteiger partial charge in [-0.15, -0.1) is 0 Å². The zero-order valence-corrected chi connectivity index (χ0v) is 50.2. The van der Waals surface area contributed by atoms with Crippen LogP contribution in [0, 0.1) is 27.7 Å². The zero-order valence-electron chi connectivity index (χ0n) is 50.2. The Morgan fingerprint density at radius 1 is 0.297 bits per heavy atom. The van der Waals surface area contributed by atoms with Gasteiger partial charge in [0.25, 0.3) is 6.71 Å². The average molecular weight is 1170 g/mol. The average Bonchev–Trinajstić information content (AvgIpc) is 1.55. The predicted molar refractivity (Wildman–Crippen MR) is 372 cm³/mol. The standard InChI is InChI=1S/C80H53BN10/c1-46-24-21-25-47(2)68(46)79-86-71-73-56(54-36-17-19-38-62(54)88(73)66-44-60(50-28-9-5-10-29-50)82-77(84-66)52-32-13-7-14-33-52)42-58-75(71)90(79)64-40-23-41-65-70(64)81(58)59-43-57-55-37-18-20-39-63(55)89(74(57)72-76(59)91(65)80(87-72)69-48(3)26-22-27-49(69)4)67-45-61(51-30-11-6-12-31-51)83-78(85-67)53-34-15-8-16-35-53/h5-45H,1-4H3. The molecule has 0 bridgehead atoms. The lowest BCUT2D eigenvalue weighted by Crippen LogP contribution is -2.59. The number of para-hydroxylation sites is 2. The van der Waals surface area contributed by atoms with Crippen LogP contribution in [0.1, 0.15) is 22.3 Å². The van der Waals surface area contributed by atoms with E-state index in [-0.39, 0.29) is 6.71 Å². The Kier molecular flexibility index (Phi) is 10.9. The Hall–Kier alpha value is -11.8. The van der Waals surface area contributed by atoms with Gasteiger partial charge in [0.2, 0.25) is 0 Å². The number of rotatable bonds is 8. The molecule has 91 heavy (non-hydrogen) atoms. The van der Waals surface area contributed by atoms with Crippen LogP contribution in [0.5, 0.6) is 0 Å². The zero-order chi connectivity index (χ0) is 60.3. The van der Waals surface area contributed by atoms with Gasteiger partial charge in [-0.3, -0.25) is 18.3 Å². The molecule has 17 aromatic rings. The largest absolute Gasteiger partial charge is 0.293 e. The molecule has 0 unspecified atom stereocenters. The first-order valence-electron chi connectivity index (χ1n) is 31.1. The Bertz CT molecular complexity index is 5430. The van der Waals surface area contributed by atoms with E-state index < -0.39 is 0 Å². The fourth-order valence-corrected chi connectivity index (χ4v) is 15.2. The summed E-state index contributed by atoms with van der Waals surface area (Å²) in [4.78, 5) is 33.8. The molecule has 0 fully saturated rings. The molecule has 2 aliphatic rings. The summed E-state index contributed by atoms with van der Waals surface area (Å²) in [5.74, 6) is 4.60. The summed E-state index contributed by atoms with van der Waals surface area (Å²) < 4.78 is 9.70. The van der Waals surface area contributed by atoms with Crippen LogP contribution in [0.2, 0.25) is 0 Å². The maximum atomic E-state index is 6.09. The van der Waals surface area contributed by atoms with Crippen molar-refractivity contribution < 1.29 is 0 Å². The summed E-state index contributed by atoms with van der Waals surface area (Å²) in [6, 6.07) is 88.5. The molecule has 10 nitrogen and oxygen atoms in total. The number of benzene rings is 11. The first kappa shape index (κ1) is 51.2. The fraction of sp³-hybridized carbons (Fsp3) is 0.0500. The number of hydrogen-bond acceptors (Lipinski definition) is 6. The molecule has 11 heteroatoms. The molecule has 2 aliphatic heterocycles. The molecule has 0 N–H and O–H groups in total. The van der Waals surface area contributed by atoms with Gasteiger partial charge >= 0.3 is 0 Å². The quantitative estimate of drug-likeness (QED) is 0.141. The molecule has 0 saturated carbocycles. The van der Waals surface area contributed by atoms with E-state index in [1.807, 2.05) is 12.1 Å². The van der Waals surface area contributed by atoms with Gasteiger partial charge in [0.1, 0.15) is 34.3 Å². The van der Waals surface area contributed by atoms with E-state index in [1.165, 1.54) is 16.4 Å². The van der Waals surface area contributed by atoms with Crippen LogP contribution in [0.15, 0.2) is 249 Å². The van der Waals surface area contributed by atoms with Crippen LogP contribution < -0.4 is 16.4 Å². The Morgan fingerprint density at radius 3 is 1.07 bits per heavy atom. The Morgan fingerprint density at radius 2 is 0.659 bits per heavy atom. The molecular weight excluding hydrogens is 1110 g/mol. The van der Waals surface area contributed by atoms with E-state index in [0.717, 1.165) is 167 Å². The minimum Gasteiger partial charge on any atom is -0.293 e. The lowest BCUT2D eigenvalue weighted by Gasteiger charge is -2.34. The van der Waals surface area contributed by atoms with Gasteiger partial charge in [0.15, 0.2) is 11.6 Å². The highest BCUT2D eigenvalue weighted by molar-refractivity contribution is 7.00. The number of fused-ring (bicyclic) bond motifs is 12. The van der Waals surface area contributed by atoms with Crippen molar-refractivity contribution >= 4 is 88.8 Å². The van der Waals surface area contributed by atoms with Gasteiger partial charge < -0.3 is 0 Å². The lowest BCUT2D eigenvalue weighted by atomic mass is 9.34. The van der Waals surface area contributed by atoms with E-state index in [1.54, 1.807) is 0 Å². The van der Waals surface area contributed by atoms with E-state index in [0.29, 0.717) is 11.6 Å². The molecule has 0 atom stereocenters. The Balaban J connectivity index is 0.969. The number of hydrogen-bond donors (Lipinski definition) is 0.